The Kier molecular flexibility index (Phi) is 4.11. The number of hydrogen-bond acceptors (Lipinski definition) is 2. The Morgan fingerprint density at radius 2 is 1.42 bits per heavy atom. The van der Waals surface area contributed by atoms with Gasteiger partial charge in [-0.05, 0) is 87.3 Å². The molecule has 0 aromatic heterocycles. The van der Waals surface area contributed by atoms with Crippen molar-refractivity contribution in [2.24, 2.45) is 0 Å². The fourth-order valence-corrected chi connectivity index (χ4v) is 5.44. The molecular weight excluding hydrogens is 376 g/mol. The van der Waals surface area contributed by atoms with Gasteiger partial charge in [0.15, 0.2) is 0 Å². The summed E-state index contributed by atoms with van der Waals surface area (Å²) in [6, 6.07) is 26.8. The minimum atomic E-state index is 0.792. The summed E-state index contributed by atoms with van der Waals surface area (Å²) in [6.45, 7) is 4.21. The lowest BCUT2D eigenvalue weighted by Crippen LogP contribution is -2.30. The van der Waals surface area contributed by atoms with E-state index in [0.717, 1.165) is 29.9 Å². The van der Waals surface area contributed by atoms with Crippen LogP contribution in [0.3, 0.4) is 0 Å². The summed E-state index contributed by atoms with van der Waals surface area (Å²) in [7, 11) is 0. The zero-order chi connectivity index (χ0) is 20.9. The smallest absolute Gasteiger partial charge is 0.101 e. The predicted octanol–water partition coefficient (Wildman–Crippen LogP) is 7.42. The highest BCUT2D eigenvalue weighted by molar-refractivity contribution is 6.25. The normalized spacial score (nSPS) is 14.5. The third kappa shape index (κ3) is 2.77. The van der Waals surface area contributed by atoms with E-state index in [9.17, 15) is 5.26 Å². The molecule has 5 aromatic carbocycles. The Balaban J connectivity index is 1.64. The standard InChI is InChI=1S/C29H24N2/c1-19-16-23(18-30)27(31-14-3-2-4-15-31)17-26(19)24-12-10-22-9-8-20-6-5-7-21-11-13-25(24)29(22)28(20)21/h5-13,16-17H,2-4,14-15H2,1H3. The third-order valence-electron chi connectivity index (χ3n) is 6.98. The highest BCUT2D eigenvalue weighted by atomic mass is 15.1. The minimum Gasteiger partial charge on any atom is -0.370 e. The van der Waals surface area contributed by atoms with Crippen LogP contribution in [0, 0.1) is 18.3 Å². The topological polar surface area (TPSA) is 27.0 Å². The molecule has 0 bridgehead atoms. The van der Waals surface area contributed by atoms with Crippen molar-refractivity contribution in [1.29, 1.82) is 5.26 Å². The molecule has 0 N–H and O–H groups in total. The van der Waals surface area contributed by atoms with Crippen LogP contribution in [0.15, 0.2) is 66.7 Å². The summed E-state index contributed by atoms with van der Waals surface area (Å²) in [4.78, 5) is 2.40. The van der Waals surface area contributed by atoms with E-state index in [1.807, 2.05) is 0 Å². The van der Waals surface area contributed by atoms with E-state index in [-0.39, 0.29) is 0 Å². The Labute approximate surface area is 182 Å². The first kappa shape index (κ1) is 18.2. The zero-order valence-electron chi connectivity index (χ0n) is 17.8. The molecule has 1 aliphatic rings. The number of piperidine rings is 1. The summed E-state index contributed by atoms with van der Waals surface area (Å²) in [6.07, 6.45) is 3.69. The second-order valence-corrected chi connectivity index (χ2v) is 8.81. The second kappa shape index (κ2) is 7.00. The molecule has 0 amide bonds. The minimum absolute atomic E-state index is 0.792. The molecule has 0 spiro atoms. The van der Waals surface area contributed by atoms with E-state index in [4.69, 9.17) is 0 Å². The monoisotopic (exact) mass is 400 g/mol. The number of nitrogens with zero attached hydrogens (tertiary/aromatic N) is 2. The van der Waals surface area contributed by atoms with Gasteiger partial charge in [0.2, 0.25) is 0 Å². The van der Waals surface area contributed by atoms with E-state index in [1.165, 1.54) is 62.7 Å². The lowest BCUT2D eigenvalue weighted by atomic mass is 9.88. The first-order chi connectivity index (χ1) is 15.2. The van der Waals surface area contributed by atoms with Gasteiger partial charge in [-0.2, -0.15) is 5.26 Å². The summed E-state index contributed by atoms with van der Waals surface area (Å²) < 4.78 is 0. The van der Waals surface area contributed by atoms with Gasteiger partial charge in [0.1, 0.15) is 6.07 Å². The molecular formula is C29H24N2. The van der Waals surface area contributed by atoms with Gasteiger partial charge >= 0.3 is 0 Å². The molecule has 0 aliphatic carbocycles. The van der Waals surface area contributed by atoms with Crippen LogP contribution in [-0.4, -0.2) is 13.1 Å². The SMILES string of the molecule is Cc1cc(C#N)c(N2CCCCC2)cc1-c1ccc2ccc3cccc4ccc1c2c34. The van der Waals surface area contributed by atoms with Crippen molar-refractivity contribution in [1.82, 2.24) is 0 Å². The van der Waals surface area contributed by atoms with Crippen molar-refractivity contribution in [2.45, 2.75) is 26.2 Å². The molecule has 1 fully saturated rings. The third-order valence-corrected chi connectivity index (χ3v) is 6.98. The van der Waals surface area contributed by atoms with Crippen LogP contribution >= 0.6 is 0 Å². The molecule has 0 atom stereocenters. The molecule has 5 aromatic rings. The second-order valence-electron chi connectivity index (χ2n) is 8.81. The van der Waals surface area contributed by atoms with Crippen LogP contribution in [0.5, 0.6) is 0 Å². The molecule has 0 unspecified atom stereocenters. The number of aryl methyl sites for hydroxylation is 1. The maximum absolute atomic E-state index is 9.82. The largest absolute Gasteiger partial charge is 0.370 e. The number of hydrogen-bond donors (Lipinski definition) is 0. The van der Waals surface area contributed by atoms with E-state index >= 15 is 0 Å². The first-order valence-corrected chi connectivity index (χ1v) is 11.2. The fourth-order valence-electron chi connectivity index (χ4n) is 5.44. The van der Waals surface area contributed by atoms with Crippen molar-refractivity contribution >= 4 is 38.0 Å². The van der Waals surface area contributed by atoms with E-state index < -0.39 is 0 Å². The quantitative estimate of drug-likeness (QED) is 0.288. The maximum atomic E-state index is 9.82. The van der Waals surface area contributed by atoms with E-state index in [2.05, 4.69) is 84.6 Å². The number of benzene rings is 5. The summed E-state index contributed by atoms with van der Waals surface area (Å²) in [5.74, 6) is 0. The molecule has 1 saturated heterocycles. The van der Waals surface area contributed by atoms with Gasteiger partial charge in [0.25, 0.3) is 0 Å². The first-order valence-electron chi connectivity index (χ1n) is 11.2. The van der Waals surface area contributed by atoms with Crippen LogP contribution < -0.4 is 4.90 Å². The molecule has 6 rings (SSSR count). The average molecular weight is 401 g/mol. The van der Waals surface area contributed by atoms with E-state index in [1.54, 1.807) is 0 Å². The zero-order valence-corrected chi connectivity index (χ0v) is 17.8. The highest BCUT2D eigenvalue weighted by Gasteiger charge is 2.19. The lowest BCUT2D eigenvalue weighted by Gasteiger charge is -2.30. The summed E-state index contributed by atoms with van der Waals surface area (Å²) in [5, 5.41) is 17.7. The molecule has 2 nitrogen and oxygen atoms in total. The average Bonchev–Trinajstić information content (AvgIpc) is 2.83. The Bertz CT molecular complexity index is 1470. The van der Waals surface area contributed by atoms with Crippen LogP contribution in [0.2, 0.25) is 0 Å². The number of anilines is 1. The summed E-state index contributed by atoms with van der Waals surface area (Å²) >= 11 is 0. The maximum Gasteiger partial charge on any atom is 0.101 e. The molecule has 1 aliphatic heterocycles. The number of nitriles is 1. The van der Waals surface area contributed by atoms with Gasteiger partial charge in [-0.3, -0.25) is 0 Å². The summed E-state index contributed by atoms with van der Waals surface area (Å²) in [5.41, 5.74) is 5.53. The molecule has 0 radical (unpaired) electrons. The van der Waals surface area contributed by atoms with Crippen LogP contribution in [0.1, 0.15) is 30.4 Å². The van der Waals surface area contributed by atoms with Crippen LogP contribution in [0.25, 0.3) is 43.4 Å². The Hall–Kier alpha value is -3.57. The molecule has 1 heterocycles. The fraction of sp³-hybridized carbons (Fsp3) is 0.207. The van der Waals surface area contributed by atoms with Gasteiger partial charge in [-0.25, -0.2) is 0 Å². The van der Waals surface area contributed by atoms with Crippen molar-refractivity contribution in [3.63, 3.8) is 0 Å². The predicted molar refractivity (Wildman–Crippen MR) is 131 cm³/mol. The number of rotatable bonds is 2. The van der Waals surface area contributed by atoms with Crippen molar-refractivity contribution in [3.8, 4) is 17.2 Å². The Morgan fingerprint density at radius 1 is 0.742 bits per heavy atom. The molecule has 2 heteroatoms. The van der Waals surface area contributed by atoms with Gasteiger partial charge in [-0.15, -0.1) is 0 Å². The Morgan fingerprint density at radius 3 is 2.16 bits per heavy atom. The van der Waals surface area contributed by atoms with Crippen molar-refractivity contribution in [3.05, 3.63) is 77.9 Å². The lowest BCUT2D eigenvalue weighted by molar-refractivity contribution is 0.577. The molecule has 0 saturated carbocycles. The van der Waals surface area contributed by atoms with Crippen LogP contribution in [0.4, 0.5) is 5.69 Å². The highest BCUT2D eigenvalue weighted by Crippen LogP contribution is 2.41. The van der Waals surface area contributed by atoms with Gasteiger partial charge in [-0.1, -0.05) is 54.6 Å². The van der Waals surface area contributed by atoms with E-state index in [0.29, 0.717) is 0 Å². The van der Waals surface area contributed by atoms with Gasteiger partial charge in [0.05, 0.1) is 11.3 Å². The molecule has 150 valence electrons. The van der Waals surface area contributed by atoms with Crippen molar-refractivity contribution in [2.75, 3.05) is 18.0 Å². The molecule has 31 heavy (non-hydrogen) atoms. The van der Waals surface area contributed by atoms with Gasteiger partial charge in [0, 0.05) is 13.1 Å². The van der Waals surface area contributed by atoms with Crippen molar-refractivity contribution < 1.29 is 0 Å². The van der Waals surface area contributed by atoms with Gasteiger partial charge < -0.3 is 4.90 Å². The van der Waals surface area contributed by atoms with Crippen LogP contribution in [-0.2, 0) is 0 Å².